The van der Waals surface area contributed by atoms with E-state index in [9.17, 15) is 13.6 Å². The molecule has 0 saturated heterocycles. The van der Waals surface area contributed by atoms with Gasteiger partial charge in [0.1, 0.15) is 11.6 Å². The Bertz CT molecular complexity index is 853. The Kier molecular flexibility index (Phi) is 6.99. The number of carbonyl (C=O) groups is 1. The standard InChI is InChI=1S/C20H26F2N6O2/c1-20(21,22)30-15-8-6-14(7-9-15)25-19(29)28-18-26-16(13-4-5-13)12-17(27-18)24-11-3-10-23-2/h6-9,12-13,23H,3-5,10-11H2,1-2H3,(H3,24,25,26,27,28,29). The molecule has 2 amide bonds. The summed E-state index contributed by atoms with van der Waals surface area (Å²) in [5.74, 6) is 1.28. The molecule has 0 aliphatic heterocycles. The van der Waals surface area contributed by atoms with Crippen molar-refractivity contribution in [2.45, 2.75) is 38.2 Å². The van der Waals surface area contributed by atoms with Crippen molar-refractivity contribution in [2.75, 3.05) is 36.1 Å². The van der Waals surface area contributed by atoms with Crippen LogP contribution in [0.25, 0.3) is 0 Å². The maximum Gasteiger partial charge on any atom is 0.394 e. The van der Waals surface area contributed by atoms with Gasteiger partial charge in [-0.05, 0) is 57.1 Å². The molecule has 1 fully saturated rings. The summed E-state index contributed by atoms with van der Waals surface area (Å²) in [6.45, 7) is 2.30. The van der Waals surface area contributed by atoms with Gasteiger partial charge in [-0.2, -0.15) is 13.8 Å². The number of carbonyl (C=O) groups excluding carboxylic acids is 1. The van der Waals surface area contributed by atoms with Gasteiger partial charge in [0.2, 0.25) is 5.95 Å². The molecule has 30 heavy (non-hydrogen) atoms. The van der Waals surface area contributed by atoms with Gasteiger partial charge in [0, 0.05) is 31.1 Å². The summed E-state index contributed by atoms with van der Waals surface area (Å²) >= 11 is 0. The van der Waals surface area contributed by atoms with Gasteiger partial charge >= 0.3 is 12.1 Å². The summed E-state index contributed by atoms with van der Waals surface area (Å²) in [4.78, 5) is 21.1. The summed E-state index contributed by atoms with van der Waals surface area (Å²) in [6, 6.07) is 7.03. The van der Waals surface area contributed by atoms with E-state index in [1.165, 1.54) is 24.3 Å². The number of ether oxygens (including phenoxy) is 1. The lowest BCUT2D eigenvalue weighted by atomic mass is 10.3. The van der Waals surface area contributed by atoms with Gasteiger partial charge in [-0.25, -0.2) is 9.78 Å². The zero-order valence-electron chi connectivity index (χ0n) is 17.0. The molecular weight excluding hydrogens is 394 g/mol. The molecular formula is C20H26F2N6O2. The van der Waals surface area contributed by atoms with Crippen LogP contribution >= 0.6 is 0 Å². The predicted molar refractivity (Wildman–Crippen MR) is 111 cm³/mol. The normalized spacial score (nSPS) is 13.6. The molecule has 1 aliphatic carbocycles. The monoisotopic (exact) mass is 420 g/mol. The summed E-state index contributed by atoms with van der Waals surface area (Å²) in [5, 5.41) is 11.6. The molecule has 0 spiro atoms. The number of alkyl halides is 2. The van der Waals surface area contributed by atoms with Crippen LogP contribution in [0.4, 0.5) is 31.0 Å². The highest BCUT2D eigenvalue weighted by molar-refractivity contribution is 5.98. The van der Waals surface area contributed by atoms with Crippen molar-refractivity contribution < 1.29 is 18.3 Å². The van der Waals surface area contributed by atoms with E-state index in [4.69, 9.17) is 0 Å². The maximum atomic E-state index is 12.9. The van der Waals surface area contributed by atoms with Crippen molar-refractivity contribution in [3.63, 3.8) is 0 Å². The molecule has 4 N–H and O–H groups in total. The second-order valence-corrected chi connectivity index (χ2v) is 7.17. The fourth-order valence-electron chi connectivity index (χ4n) is 2.76. The number of halogens is 2. The molecule has 0 atom stereocenters. The highest BCUT2D eigenvalue weighted by atomic mass is 19.3. The quantitative estimate of drug-likeness (QED) is 0.434. The Labute approximate surface area is 173 Å². The van der Waals surface area contributed by atoms with E-state index < -0.39 is 12.1 Å². The zero-order valence-corrected chi connectivity index (χ0v) is 17.0. The van der Waals surface area contributed by atoms with E-state index >= 15 is 0 Å². The van der Waals surface area contributed by atoms with Crippen LogP contribution in [-0.4, -0.2) is 42.2 Å². The minimum Gasteiger partial charge on any atom is -0.433 e. The molecule has 2 aromatic rings. The Hall–Kier alpha value is -3.01. The number of amides is 2. The summed E-state index contributed by atoms with van der Waals surface area (Å²) in [5.41, 5.74) is 1.32. The number of anilines is 3. The van der Waals surface area contributed by atoms with Gasteiger partial charge in [-0.3, -0.25) is 5.32 Å². The first-order chi connectivity index (χ1) is 14.3. The number of hydrogen-bond acceptors (Lipinski definition) is 6. The summed E-state index contributed by atoms with van der Waals surface area (Å²) in [6.07, 6.45) is -0.179. The molecule has 1 aromatic carbocycles. The van der Waals surface area contributed by atoms with E-state index in [0.29, 0.717) is 24.3 Å². The molecule has 1 saturated carbocycles. The van der Waals surface area contributed by atoms with Crippen LogP contribution in [0.3, 0.4) is 0 Å². The fourth-order valence-corrected chi connectivity index (χ4v) is 2.76. The smallest absolute Gasteiger partial charge is 0.394 e. The van der Waals surface area contributed by atoms with Crippen molar-refractivity contribution >= 4 is 23.5 Å². The first-order valence-corrected chi connectivity index (χ1v) is 9.85. The minimum atomic E-state index is -3.27. The van der Waals surface area contributed by atoms with Gasteiger partial charge in [0.15, 0.2) is 0 Å². The molecule has 0 radical (unpaired) electrons. The maximum absolute atomic E-state index is 12.9. The first kappa shape index (κ1) is 21.7. The number of nitrogens with one attached hydrogen (secondary N) is 4. The Morgan fingerprint density at radius 2 is 1.90 bits per heavy atom. The first-order valence-electron chi connectivity index (χ1n) is 9.85. The SMILES string of the molecule is CNCCCNc1cc(C2CC2)nc(NC(=O)Nc2ccc(OC(C)(F)F)cc2)n1. The third kappa shape index (κ3) is 7.11. The average Bonchev–Trinajstić information content (AvgIpc) is 3.51. The summed E-state index contributed by atoms with van der Waals surface area (Å²) < 4.78 is 30.2. The van der Waals surface area contributed by atoms with E-state index in [0.717, 1.165) is 38.0 Å². The van der Waals surface area contributed by atoms with Crippen molar-refractivity contribution in [3.8, 4) is 5.75 Å². The van der Waals surface area contributed by atoms with Crippen LogP contribution in [0.1, 0.15) is 37.8 Å². The third-order valence-electron chi connectivity index (χ3n) is 4.29. The highest BCUT2D eigenvalue weighted by Crippen LogP contribution is 2.39. The fraction of sp³-hybridized carbons (Fsp3) is 0.450. The van der Waals surface area contributed by atoms with Gasteiger partial charge < -0.3 is 20.7 Å². The summed E-state index contributed by atoms with van der Waals surface area (Å²) in [7, 11) is 1.90. The molecule has 10 heteroatoms. The average molecular weight is 420 g/mol. The minimum absolute atomic E-state index is 0.00270. The van der Waals surface area contributed by atoms with Gasteiger partial charge in [0.25, 0.3) is 0 Å². The third-order valence-corrected chi connectivity index (χ3v) is 4.29. The molecule has 0 bridgehead atoms. The molecule has 1 aliphatic rings. The van der Waals surface area contributed by atoms with Crippen molar-refractivity contribution in [2.24, 2.45) is 0 Å². The topological polar surface area (TPSA) is 100 Å². The lowest BCUT2D eigenvalue weighted by Gasteiger charge is -2.13. The lowest BCUT2D eigenvalue weighted by Crippen LogP contribution is -2.22. The highest BCUT2D eigenvalue weighted by Gasteiger charge is 2.26. The van der Waals surface area contributed by atoms with Gasteiger partial charge in [-0.15, -0.1) is 0 Å². The van der Waals surface area contributed by atoms with Gasteiger partial charge in [-0.1, -0.05) is 0 Å². The van der Waals surface area contributed by atoms with E-state index in [-0.39, 0.29) is 11.7 Å². The number of rotatable bonds is 10. The number of aromatic nitrogens is 2. The van der Waals surface area contributed by atoms with E-state index in [1.54, 1.807) is 0 Å². The Morgan fingerprint density at radius 3 is 2.53 bits per heavy atom. The predicted octanol–water partition coefficient (Wildman–Crippen LogP) is 4.01. The largest absolute Gasteiger partial charge is 0.433 e. The number of hydrogen-bond donors (Lipinski definition) is 4. The zero-order chi connectivity index (χ0) is 21.6. The molecule has 0 unspecified atom stereocenters. The number of nitrogens with zero attached hydrogens (tertiary/aromatic N) is 2. The van der Waals surface area contributed by atoms with Crippen LogP contribution in [0.15, 0.2) is 30.3 Å². The van der Waals surface area contributed by atoms with Crippen LogP contribution in [0.2, 0.25) is 0 Å². The molecule has 8 nitrogen and oxygen atoms in total. The van der Waals surface area contributed by atoms with E-state index in [1.807, 2.05) is 13.1 Å². The van der Waals surface area contributed by atoms with Crippen molar-refractivity contribution in [1.29, 1.82) is 0 Å². The van der Waals surface area contributed by atoms with Crippen LogP contribution in [0, 0.1) is 0 Å². The van der Waals surface area contributed by atoms with E-state index in [2.05, 4.69) is 36.0 Å². The molecule has 162 valence electrons. The second kappa shape index (κ2) is 9.66. The molecule has 3 rings (SSSR count). The second-order valence-electron chi connectivity index (χ2n) is 7.17. The Morgan fingerprint density at radius 1 is 1.17 bits per heavy atom. The van der Waals surface area contributed by atoms with Crippen LogP contribution < -0.4 is 26.0 Å². The van der Waals surface area contributed by atoms with Gasteiger partial charge in [0.05, 0.1) is 5.69 Å². The Balaban J connectivity index is 1.60. The molecule has 1 aromatic heterocycles. The number of benzene rings is 1. The molecule has 1 heterocycles. The van der Waals surface area contributed by atoms with Crippen molar-refractivity contribution in [3.05, 3.63) is 36.0 Å². The van der Waals surface area contributed by atoms with Crippen LogP contribution in [0.5, 0.6) is 5.75 Å². The number of urea groups is 1. The lowest BCUT2D eigenvalue weighted by molar-refractivity contribution is -0.158. The van der Waals surface area contributed by atoms with Crippen molar-refractivity contribution in [1.82, 2.24) is 15.3 Å². The van der Waals surface area contributed by atoms with Crippen LogP contribution in [-0.2, 0) is 0 Å².